The van der Waals surface area contributed by atoms with Crippen molar-refractivity contribution in [3.05, 3.63) is 33.8 Å². The Hall–Kier alpha value is -0.380. The largest absolute Gasteiger partial charge is 0.314 e. The second-order valence-corrected chi connectivity index (χ2v) is 6.16. The lowest BCUT2D eigenvalue weighted by atomic mass is 10.0. The monoisotopic (exact) mass is 310 g/mol. The van der Waals surface area contributed by atoms with Crippen molar-refractivity contribution in [2.24, 2.45) is 0 Å². The summed E-state index contributed by atoms with van der Waals surface area (Å²) in [5, 5.41) is 3.41. The van der Waals surface area contributed by atoms with Gasteiger partial charge in [0.05, 0.1) is 0 Å². The van der Waals surface area contributed by atoms with Crippen molar-refractivity contribution in [2.45, 2.75) is 32.7 Å². The molecule has 2 rings (SSSR count). The number of nitrogens with one attached hydrogen (secondary N) is 1. The van der Waals surface area contributed by atoms with Gasteiger partial charge in [-0.1, -0.05) is 22.0 Å². The summed E-state index contributed by atoms with van der Waals surface area (Å²) in [5.41, 5.74) is 2.89. The van der Waals surface area contributed by atoms with Gasteiger partial charge in [0.15, 0.2) is 0 Å². The summed E-state index contributed by atoms with van der Waals surface area (Å²) in [4.78, 5) is 2.60. The highest BCUT2D eigenvalue weighted by molar-refractivity contribution is 9.10. The average molecular weight is 311 g/mol. The first-order chi connectivity index (χ1) is 8.66. The molecule has 0 saturated carbocycles. The van der Waals surface area contributed by atoms with E-state index in [4.69, 9.17) is 0 Å². The van der Waals surface area contributed by atoms with Gasteiger partial charge in [-0.25, -0.2) is 0 Å². The zero-order valence-corrected chi connectivity index (χ0v) is 13.0. The molecule has 1 aromatic rings. The summed E-state index contributed by atoms with van der Waals surface area (Å²) < 4.78 is 1.19. The molecule has 1 heterocycles. The number of aryl methyl sites for hydroxylation is 2. The molecule has 1 unspecified atom stereocenters. The maximum Gasteiger partial charge on any atom is 0.0178 e. The van der Waals surface area contributed by atoms with Crippen LogP contribution < -0.4 is 5.32 Å². The van der Waals surface area contributed by atoms with Gasteiger partial charge in [0, 0.05) is 36.7 Å². The van der Waals surface area contributed by atoms with Crippen molar-refractivity contribution in [1.82, 2.24) is 10.2 Å². The Morgan fingerprint density at radius 3 is 2.78 bits per heavy atom. The smallest absolute Gasteiger partial charge is 0.0178 e. The van der Waals surface area contributed by atoms with E-state index in [0.717, 1.165) is 13.1 Å². The molecule has 2 nitrogen and oxygen atoms in total. The predicted molar refractivity (Wildman–Crippen MR) is 81.1 cm³/mol. The lowest BCUT2D eigenvalue weighted by molar-refractivity contribution is 0.177. The lowest BCUT2D eigenvalue weighted by Crippen LogP contribution is -2.47. The van der Waals surface area contributed by atoms with E-state index < -0.39 is 0 Å². The first-order valence-corrected chi connectivity index (χ1v) is 7.66. The maximum atomic E-state index is 3.56. The minimum absolute atomic E-state index is 0.686. The molecule has 0 bridgehead atoms. The summed E-state index contributed by atoms with van der Waals surface area (Å²) in [6.07, 6.45) is 2.42. The van der Waals surface area contributed by atoms with Gasteiger partial charge in [0.1, 0.15) is 0 Å². The molecule has 3 heteroatoms. The van der Waals surface area contributed by atoms with Gasteiger partial charge in [0.2, 0.25) is 0 Å². The second kappa shape index (κ2) is 6.69. The van der Waals surface area contributed by atoms with Gasteiger partial charge >= 0.3 is 0 Å². The van der Waals surface area contributed by atoms with E-state index in [0.29, 0.717) is 6.04 Å². The van der Waals surface area contributed by atoms with Crippen LogP contribution in [0, 0.1) is 6.92 Å². The van der Waals surface area contributed by atoms with Gasteiger partial charge in [-0.3, -0.25) is 4.90 Å². The van der Waals surface area contributed by atoms with Crippen LogP contribution in [-0.4, -0.2) is 37.1 Å². The topological polar surface area (TPSA) is 15.3 Å². The van der Waals surface area contributed by atoms with E-state index in [1.807, 2.05) is 0 Å². The summed E-state index contributed by atoms with van der Waals surface area (Å²) in [6.45, 7) is 9.23. The molecule has 1 saturated heterocycles. The standard InChI is InChI=1S/C15H23BrN2/c1-12-3-6-15(16)11-14(12)5-4-13(2)18-9-7-17-8-10-18/h3,6,11,13,17H,4-5,7-10H2,1-2H3. The predicted octanol–water partition coefficient (Wildman–Crippen LogP) is 2.98. The van der Waals surface area contributed by atoms with Gasteiger partial charge < -0.3 is 5.32 Å². The Morgan fingerprint density at radius 2 is 2.06 bits per heavy atom. The molecular formula is C15H23BrN2. The lowest BCUT2D eigenvalue weighted by Gasteiger charge is -2.33. The summed E-state index contributed by atoms with van der Waals surface area (Å²) in [6, 6.07) is 7.28. The Kier molecular flexibility index (Phi) is 5.22. The van der Waals surface area contributed by atoms with E-state index in [-0.39, 0.29) is 0 Å². The molecule has 0 aliphatic carbocycles. The van der Waals surface area contributed by atoms with Crippen molar-refractivity contribution < 1.29 is 0 Å². The average Bonchev–Trinajstić information content (AvgIpc) is 2.40. The molecule has 1 aromatic carbocycles. The van der Waals surface area contributed by atoms with E-state index in [2.05, 4.69) is 58.2 Å². The van der Waals surface area contributed by atoms with Crippen molar-refractivity contribution in [3.63, 3.8) is 0 Å². The minimum Gasteiger partial charge on any atom is -0.314 e. The summed E-state index contributed by atoms with van der Waals surface area (Å²) in [5.74, 6) is 0. The van der Waals surface area contributed by atoms with Crippen LogP contribution in [0.3, 0.4) is 0 Å². The van der Waals surface area contributed by atoms with E-state index in [1.54, 1.807) is 0 Å². The third-order valence-corrected chi connectivity index (χ3v) is 4.41. The van der Waals surface area contributed by atoms with Crippen molar-refractivity contribution in [2.75, 3.05) is 26.2 Å². The Labute approximate surface area is 119 Å². The molecule has 0 spiro atoms. The van der Waals surface area contributed by atoms with Crippen LogP contribution in [0.5, 0.6) is 0 Å². The van der Waals surface area contributed by atoms with E-state index in [1.165, 1.54) is 41.5 Å². The molecule has 0 aromatic heterocycles. The number of piperazine rings is 1. The van der Waals surface area contributed by atoms with Crippen LogP contribution in [0.1, 0.15) is 24.5 Å². The number of nitrogens with zero attached hydrogens (tertiary/aromatic N) is 1. The van der Waals surface area contributed by atoms with Crippen LogP contribution in [0.2, 0.25) is 0 Å². The fraction of sp³-hybridized carbons (Fsp3) is 0.600. The third-order valence-electron chi connectivity index (χ3n) is 3.92. The SMILES string of the molecule is Cc1ccc(Br)cc1CCC(C)N1CCNCC1. The maximum absolute atomic E-state index is 3.56. The van der Waals surface area contributed by atoms with Gasteiger partial charge in [-0.2, -0.15) is 0 Å². The van der Waals surface area contributed by atoms with Gasteiger partial charge in [0.25, 0.3) is 0 Å². The Balaban J connectivity index is 1.88. The van der Waals surface area contributed by atoms with Crippen molar-refractivity contribution in [1.29, 1.82) is 0 Å². The van der Waals surface area contributed by atoms with Gasteiger partial charge in [-0.15, -0.1) is 0 Å². The van der Waals surface area contributed by atoms with Crippen LogP contribution in [0.25, 0.3) is 0 Å². The highest BCUT2D eigenvalue weighted by Gasteiger charge is 2.16. The summed E-state index contributed by atoms with van der Waals surface area (Å²) >= 11 is 3.56. The number of halogens is 1. The molecule has 0 amide bonds. The second-order valence-electron chi connectivity index (χ2n) is 5.24. The normalized spacial score (nSPS) is 18.8. The zero-order valence-electron chi connectivity index (χ0n) is 11.4. The highest BCUT2D eigenvalue weighted by atomic mass is 79.9. The fourth-order valence-electron chi connectivity index (χ4n) is 2.58. The molecule has 0 radical (unpaired) electrons. The quantitative estimate of drug-likeness (QED) is 0.919. The third kappa shape index (κ3) is 3.81. The first-order valence-electron chi connectivity index (χ1n) is 6.86. The van der Waals surface area contributed by atoms with Crippen LogP contribution in [-0.2, 0) is 6.42 Å². The molecule has 1 atom stereocenters. The van der Waals surface area contributed by atoms with Crippen LogP contribution >= 0.6 is 15.9 Å². The highest BCUT2D eigenvalue weighted by Crippen LogP contribution is 2.19. The van der Waals surface area contributed by atoms with Gasteiger partial charge in [-0.05, 0) is 49.9 Å². The summed E-state index contributed by atoms with van der Waals surface area (Å²) in [7, 11) is 0. The molecule has 1 N–H and O–H groups in total. The molecular weight excluding hydrogens is 288 g/mol. The zero-order chi connectivity index (χ0) is 13.0. The molecule has 1 aliphatic heterocycles. The van der Waals surface area contributed by atoms with Crippen LogP contribution in [0.15, 0.2) is 22.7 Å². The van der Waals surface area contributed by atoms with Crippen molar-refractivity contribution >= 4 is 15.9 Å². The fourth-order valence-corrected chi connectivity index (χ4v) is 2.99. The van der Waals surface area contributed by atoms with E-state index in [9.17, 15) is 0 Å². The molecule has 1 fully saturated rings. The van der Waals surface area contributed by atoms with E-state index >= 15 is 0 Å². The Bertz CT molecular complexity index is 386. The number of rotatable bonds is 4. The van der Waals surface area contributed by atoms with Crippen LogP contribution in [0.4, 0.5) is 0 Å². The molecule has 1 aliphatic rings. The first kappa shape index (κ1) is 14.0. The number of benzene rings is 1. The number of hydrogen-bond donors (Lipinski definition) is 1. The minimum atomic E-state index is 0.686. The number of hydrogen-bond acceptors (Lipinski definition) is 2. The molecule has 18 heavy (non-hydrogen) atoms. The Morgan fingerprint density at radius 1 is 1.33 bits per heavy atom. The van der Waals surface area contributed by atoms with Crippen molar-refractivity contribution in [3.8, 4) is 0 Å². The molecule has 100 valence electrons.